The van der Waals surface area contributed by atoms with Gasteiger partial charge in [-0.3, -0.25) is 4.79 Å². The van der Waals surface area contributed by atoms with E-state index in [9.17, 15) is 9.59 Å². The first-order chi connectivity index (χ1) is 7.24. The maximum absolute atomic E-state index is 11.2. The number of hydrogen-bond donors (Lipinski definition) is 2. The highest BCUT2D eigenvalue weighted by Gasteiger charge is 2.24. The molecule has 6 nitrogen and oxygen atoms in total. The largest absolute Gasteiger partial charge is 0.481 e. The summed E-state index contributed by atoms with van der Waals surface area (Å²) < 4.78 is 5.57. The molecule has 0 radical (unpaired) electrons. The van der Waals surface area contributed by atoms with Gasteiger partial charge in [-0.25, -0.2) is 4.79 Å². The normalized spacial score (nSPS) is 13.0. The van der Waals surface area contributed by atoms with E-state index < -0.39 is 18.2 Å². The highest BCUT2D eigenvalue weighted by Crippen LogP contribution is 2.05. The second-order valence-electron chi connectivity index (χ2n) is 4.63. The van der Waals surface area contributed by atoms with Crippen LogP contribution in [-0.4, -0.2) is 62.0 Å². The van der Waals surface area contributed by atoms with Gasteiger partial charge in [0.1, 0.15) is 6.54 Å². The summed E-state index contributed by atoms with van der Waals surface area (Å²) in [5.41, 5.74) is 0. The zero-order valence-corrected chi connectivity index (χ0v) is 10.3. The van der Waals surface area contributed by atoms with Crippen molar-refractivity contribution in [2.75, 3.05) is 34.2 Å². The van der Waals surface area contributed by atoms with E-state index in [4.69, 9.17) is 9.84 Å². The third kappa shape index (κ3) is 8.05. The molecule has 0 aromatic carbocycles. The molecule has 1 atom stereocenters. The van der Waals surface area contributed by atoms with Crippen LogP contribution in [0.25, 0.3) is 0 Å². The lowest BCUT2D eigenvalue weighted by Gasteiger charge is -2.28. The molecule has 0 aliphatic heterocycles. The van der Waals surface area contributed by atoms with Crippen molar-refractivity contribution in [3.63, 3.8) is 0 Å². The number of nitrogens with zero attached hydrogens (tertiary/aromatic N) is 1. The molecular formula is C10H21N2O4+. The van der Waals surface area contributed by atoms with Crippen molar-refractivity contribution in [1.29, 1.82) is 0 Å². The van der Waals surface area contributed by atoms with E-state index >= 15 is 0 Å². The van der Waals surface area contributed by atoms with Gasteiger partial charge in [0, 0.05) is 6.54 Å². The highest BCUT2D eigenvalue weighted by atomic mass is 16.6. The van der Waals surface area contributed by atoms with Gasteiger partial charge < -0.3 is 19.6 Å². The molecule has 0 aliphatic rings. The third-order valence-electron chi connectivity index (χ3n) is 1.75. The van der Waals surface area contributed by atoms with Crippen LogP contribution >= 0.6 is 0 Å². The van der Waals surface area contributed by atoms with Crippen molar-refractivity contribution in [2.45, 2.75) is 19.4 Å². The lowest BCUT2D eigenvalue weighted by Crippen LogP contribution is -2.44. The Balaban J connectivity index is 4.31. The fourth-order valence-electron chi connectivity index (χ4n) is 1.29. The van der Waals surface area contributed by atoms with E-state index in [0.29, 0.717) is 17.6 Å². The third-order valence-corrected chi connectivity index (χ3v) is 1.75. The standard InChI is InChI=1S/C10H20N2O4/c1-5-11-10(15)16-8(6-9(13)14)7-12(2,3)4/h8H,5-7H2,1-4H3,(H-,11,13,14,15)/p+1/t8-/m1/s1. The van der Waals surface area contributed by atoms with Gasteiger partial charge in [0.2, 0.25) is 0 Å². The number of amides is 1. The molecule has 6 heteroatoms. The maximum atomic E-state index is 11.2. The van der Waals surface area contributed by atoms with E-state index in [1.54, 1.807) is 6.92 Å². The Morgan fingerprint density at radius 2 is 1.94 bits per heavy atom. The predicted octanol–water partition coefficient (Wildman–Crippen LogP) is 0.282. The molecule has 0 saturated heterocycles. The number of carbonyl (C=O) groups excluding carboxylic acids is 1. The van der Waals surface area contributed by atoms with Crippen LogP contribution in [0.4, 0.5) is 4.79 Å². The van der Waals surface area contributed by atoms with Gasteiger partial charge in [0.25, 0.3) is 0 Å². The number of nitrogens with one attached hydrogen (secondary N) is 1. The van der Waals surface area contributed by atoms with Crippen LogP contribution in [-0.2, 0) is 9.53 Å². The van der Waals surface area contributed by atoms with Gasteiger partial charge in [-0.15, -0.1) is 0 Å². The number of ether oxygens (including phenoxy) is 1. The quantitative estimate of drug-likeness (QED) is 0.646. The Bertz CT molecular complexity index is 248. The second-order valence-corrected chi connectivity index (χ2v) is 4.63. The Morgan fingerprint density at radius 1 is 1.38 bits per heavy atom. The minimum absolute atomic E-state index is 0.174. The number of rotatable bonds is 6. The fourth-order valence-corrected chi connectivity index (χ4v) is 1.29. The molecule has 0 heterocycles. The van der Waals surface area contributed by atoms with Crippen LogP contribution in [0.15, 0.2) is 0 Å². The SMILES string of the molecule is CCNC(=O)O[C@H](CC(=O)O)C[N+](C)(C)C. The lowest BCUT2D eigenvalue weighted by atomic mass is 10.2. The van der Waals surface area contributed by atoms with Crippen LogP contribution < -0.4 is 5.32 Å². The number of likely N-dealkylation sites (N-methyl/N-ethyl adjacent to an activating group) is 1. The summed E-state index contributed by atoms with van der Waals surface area (Å²) in [4.78, 5) is 21.8. The molecule has 0 bridgehead atoms. The van der Waals surface area contributed by atoms with Crippen molar-refractivity contribution in [3.05, 3.63) is 0 Å². The summed E-state index contributed by atoms with van der Waals surface area (Å²) in [6.45, 7) is 2.69. The molecule has 0 aliphatic carbocycles. The number of alkyl carbamates (subject to hydrolysis) is 1. The summed E-state index contributed by atoms with van der Waals surface area (Å²) in [7, 11) is 5.74. The van der Waals surface area contributed by atoms with E-state index in [2.05, 4.69) is 5.32 Å². The first kappa shape index (κ1) is 14.7. The molecule has 2 N–H and O–H groups in total. The zero-order valence-electron chi connectivity index (χ0n) is 10.3. The number of carboxylic acids is 1. The summed E-state index contributed by atoms with van der Waals surface area (Å²) in [5.74, 6) is -0.970. The van der Waals surface area contributed by atoms with Crippen LogP contribution in [0.3, 0.4) is 0 Å². The first-order valence-corrected chi connectivity index (χ1v) is 5.21. The Labute approximate surface area is 95.8 Å². The van der Waals surface area contributed by atoms with Crippen LogP contribution in [0.1, 0.15) is 13.3 Å². The summed E-state index contributed by atoms with van der Waals surface area (Å²) in [6.07, 6.45) is -1.35. The van der Waals surface area contributed by atoms with Crippen molar-refractivity contribution < 1.29 is 23.9 Å². The zero-order chi connectivity index (χ0) is 12.8. The molecule has 1 amide bonds. The highest BCUT2D eigenvalue weighted by molar-refractivity contribution is 5.70. The minimum atomic E-state index is -0.970. The number of carboxylic acid groups (broad SMARTS) is 1. The Kier molecular flexibility index (Phi) is 5.81. The summed E-state index contributed by atoms with van der Waals surface area (Å²) in [6, 6.07) is 0. The molecule has 0 unspecified atom stereocenters. The van der Waals surface area contributed by atoms with E-state index in [-0.39, 0.29) is 6.42 Å². The van der Waals surface area contributed by atoms with Gasteiger partial charge in [-0.05, 0) is 6.92 Å². The predicted molar refractivity (Wildman–Crippen MR) is 59.1 cm³/mol. The molecular weight excluding hydrogens is 212 g/mol. The molecule has 0 saturated carbocycles. The number of quaternary nitrogens is 1. The molecule has 0 spiro atoms. The smallest absolute Gasteiger partial charge is 0.407 e. The average Bonchev–Trinajstić information content (AvgIpc) is 1.98. The number of carbonyl (C=O) groups is 2. The minimum Gasteiger partial charge on any atom is -0.481 e. The van der Waals surface area contributed by atoms with Gasteiger partial charge in [-0.1, -0.05) is 0 Å². The maximum Gasteiger partial charge on any atom is 0.407 e. The van der Waals surface area contributed by atoms with Gasteiger partial charge in [0.05, 0.1) is 27.6 Å². The second kappa shape index (κ2) is 6.32. The average molecular weight is 233 g/mol. The Morgan fingerprint density at radius 3 is 2.31 bits per heavy atom. The fraction of sp³-hybridized carbons (Fsp3) is 0.800. The van der Waals surface area contributed by atoms with Crippen molar-refractivity contribution >= 4 is 12.1 Å². The van der Waals surface area contributed by atoms with Crippen molar-refractivity contribution in [2.24, 2.45) is 0 Å². The van der Waals surface area contributed by atoms with Crippen molar-refractivity contribution in [1.82, 2.24) is 5.32 Å². The van der Waals surface area contributed by atoms with E-state index in [0.717, 1.165) is 0 Å². The number of hydrogen-bond acceptors (Lipinski definition) is 3. The van der Waals surface area contributed by atoms with Crippen molar-refractivity contribution in [3.8, 4) is 0 Å². The van der Waals surface area contributed by atoms with E-state index in [1.165, 1.54) is 0 Å². The number of aliphatic carboxylic acids is 1. The molecule has 0 aromatic rings. The molecule has 94 valence electrons. The van der Waals surface area contributed by atoms with E-state index in [1.807, 2.05) is 21.1 Å². The topological polar surface area (TPSA) is 75.6 Å². The molecule has 0 rings (SSSR count). The van der Waals surface area contributed by atoms with Crippen LogP contribution in [0, 0.1) is 0 Å². The summed E-state index contributed by atoms with van der Waals surface area (Å²) >= 11 is 0. The van der Waals surface area contributed by atoms with Gasteiger partial charge in [0.15, 0.2) is 6.10 Å². The van der Waals surface area contributed by atoms with Crippen LogP contribution in [0.2, 0.25) is 0 Å². The van der Waals surface area contributed by atoms with Gasteiger partial charge in [-0.2, -0.15) is 0 Å². The van der Waals surface area contributed by atoms with Crippen LogP contribution in [0.5, 0.6) is 0 Å². The molecule has 16 heavy (non-hydrogen) atoms. The summed E-state index contributed by atoms with van der Waals surface area (Å²) in [5, 5.41) is 11.2. The molecule has 0 fully saturated rings. The molecule has 0 aromatic heterocycles. The first-order valence-electron chi connectivity index (χ1n) is 5.21. The Hall–Kier alpha value is -1.30. The van der Waals surface area contributed by atoms with Gasteiger partial charge >= 0.3 is 12.1 Å². The lowest BCUT2D eigenvalue weighted by molar-refractivity contribution is -0.873. The monoisotopic (exact) mass is 233 g/mol.